The van der Waals surface area contributed by atoms with Crippen molar-refractivity contribution in [3.63, 3.8) is 0 Å². The number of hydrogen-bond donors (Lipinski definition) is 0. The summed E-state index contributed by atoms with van der Waals surface area (Å²) in [6, 6.07) is 0. The molecule has 2 aliphatic carbocycles. The molecule has 3 rings (SSSR count). The summed E-state index contributed by atoms with van der Waals surface area (Å²) < 4.78 is 2.29. The first-order valence-corrected chi connectivity index (χ1v) is 6.62. The molecule has 1 aromatic heterocycles. The predicted molar refractivity (Wildman–Crippen MR) is 79.9 cm³/mol. The maximum atomic E-state index is 2.29. The van der Waals surface area contributed by atoms with E-state index in [1.165, 1.54) is 22.5 Å². The van der Waals surface area contributed by atoms with E-state index >= 15 is 0 Å². The summed E-state index contributed by atoms with van der Waals surface area (Å²) in [7, 11) is 2.15. The molecule has 0 aliphatic heterocycles. The Balaban J connectivity index is 2.25. The molecule has 0 fully saturated rings. The number of nitrogens with zero attached hydrogens (tertiary/aromatic N) is 1. The lowest BCUT2D eigenvalue weighted by atomic mass is 10.1. The minimum atomic E-state index is 0.511. The van der Waals surface area contributed by atoms with Gasteiger partial charge in [0.15, 0.2) is 0 Å². The Kier molecular flexibility index (Phi) is 2.62. The minimum Gasteiger partial charge on any atom is -0.344 e. The number of fused-ring (bicyclic) bond motifs is 3. The smallest absolute Gasteiger partial charge is 0.0485 e. The molecule has 2 aliphatic rings. The molecule has 1 nitrogen and oxygen atoms in total. The summed E-state index contributed by atoms with van der Waals surface area (Å²) in [5.74, 6) is 1.02. The average Bonchev–Trinajstić information content (AvgIpc) is 2.55. The predicted octanol–water partition coefficient (Wildman–Crippen LogP) is 4.38. The summed E-state index contributed by atoms with van der Waals surface area (Å²) in [4.78, 5) is 0. The van der Waals surface area contributed by atoms with Crippen molar-refractivity contribution in [2.45, 2.75) is 13.8 Å². The number of allylic oxidation sites excluding steroid dienone is 4. The Labute approximate surface area is 109 Å². The van der Waals surface area contributed by atoms with Gasteiger partial charge in [0.1, 0.15) is 0 Å². The Morgan fingerprint density at radius 3 is 1.56 bits per heavy atom. The maximum Gasteiger partial charge on any atom is 0.0485 e. The average molecular weight is 237 g/mol. The Morgan fingerprint density at radius 1 is 0.722 bits per heavy atom. The van der Waals surface area contributed by atoms with Crippen LogP contribution < -0.4 is 0 Å². The lowest BCUT2D eigenvalue weighted by Crippen LogP contribution is -1.94. The second-order valence-electron chi connectivity index (χ2n) is 5.31. The van der Waals surface area contributed by atoms with Crippen LogP contribution in [-0.4, -0.2) is 4.57 Å². The van der Waals surface area contributed by atoms with Crippen LogP contribution in [0.25, 0.3) is 24.3 Å². The molecule has 92 valence electrons. The highest BCUT2D eigenvalue weighted by molar-refractivity contribution is 5.81. The van der Waals surface area contributed by atoms with E-state index in [0.29, 0.717) is 11.8 Å². The van der Waals surface area contributed by atoms with Crippen molar-refractivity contribution in [2.75, 3.05) is 0 Å². The van der Waals surface area contributed by atoms with Crippen LogP contribution in [0.2, 0.25) is 0 Å². The summed E-state index contributed by atoms with van der Waals surface area (Å²) in [6.07, 6.45) is 18.1. The third-order valence-corrected chi connectivity index (χ3v) is 3.81. The van der Waals surface area contributed by atoms with Crippen molar-refractivity contribution in [2.24, 2.45) is 18.9 Å². The van der Waals surface area contributed by atoms with Crippen LogP contribution in [0.1, 0.15) is 36.4 Å². The van der Waals surface area contributed by atoms with Gasteiger partial charge in [-0.05, 0) is 24.0 Å². The Morgan fingerprint density at radius 2 is 1.11 bits per heavy atom. The second-order valence-corrected chi connectivity index (χ2v) is 5.31. The molecular formula is C17H19N. The molecule has 0 bridgehead atoms. The van der Waals surface area contributed by atoms with Crippen LogP contribution in [0.5, 0.6) is 0 Å². The molecule has 2 unspecified atom stereocenters. The first-order valence-electron chi connectivity index (χ1n) is 6.62. The van der Waals surface area contributed by atoms with Crippen molar-refractivity contribution >= 4 is 24.3 Å². The van der Waals surface area contributed by atoms with Crippen LogP contribution >= 0.6 is 0 Å². The molecular weight excluding hydrogens is 218 g/mol. The van der Waals surface area contributed by atoms with Crippen molar-refractivity contribution in [3.05, 3.63) is 46.8 Å². The minimum absolute atomic E-state index is 0.511. The van der Waals surface area contributed by atoms with Gasteiger partial charge in [-0.3, -0.25) is 0 Å². The van der Waals surface area contributed by atoms with E-state index in [-0.39, 0.29) is 0 Å². The fourth-order valence-electron chi connectivity index (χ4n) is 2.63. The molecule has 0 saturated carbocycles. The lowest BCUT2D eigenvalue weighted by Gasteiger charge is -2.02. The zero-order valence-electron chi connectivity index (χ0n) is 11.2. The molecule has 1 heterocycles. The standard InChI is InChI=1S/C17H19N/c1-12-4-8-14-15-9-5-13(2)7-11-17(15)18(3)16(14)10-6-12/h4-13H,1-3H3. The number of rotatable bonds is 0. The van der Waals surface area contributed by atoms with E-state index < -0.39 is 0 Å². The topological polar surface area (TPSA) is 4.93 Å². The van der Waals surface area contributed by atoms with Gasteiger partial charge in [-0.2, -0.15) is 0 Å². The van der Waals surface area contributed by atoms with Gasteiger partial charge in [0.25, 0.3) is 0 Å². The largest absolute Gasteiger partial charge is 0.344 e. The van der Waals surface area contributed by atoms with Gasteiger partial charge in [-0.1, -0.05) is 50.3 Å². The van der Waals surface area contributed by atoms with Gasteiger partial charge >= 0.3 is 0 Å². The van der Waals surface area contributed by atoms with Crippen molar-refractivity contribution < 1.29 is 0 Å². The van der Waals surface area contributed by atoms with Gasteiger partial charge in [0, 0.05) is 29.6 Å². The van der Waals surface area contributed by atoms with Crippen LogP contribution in [0, 0.1) is 11.8 Å². The quantitative estimate of drug-likeness (QED) is 0.631. The van der Waals surface area contributed by atoms with E-state index in [2.05, 4.69) is 74.1 Å². The summed E-state index contributed by atoms with van der Waals surface area (Å²) in [5.41, 5.74) is 5.32. The first kappa shape index (κ1) is 11.3. The third kappa shape index (κ3) is 1.71. The summed E-state index contributed by atoms with van der Waals surface area (Å²) in [6.45, 7) is 4.44. The van der Waals surface area contributed by atoms with Crippen LogP contribution in [0.3, 0.4) is 0 Å². The second kappa shape index (κ2) is 4.16. The molecule has 0 radical (unpaired) electrons. The maximum absolute atomic E-state index is 2.29. The monoisotopic (exact) mass is 237 g/mol. The van der Waals surface area contributed by atoms with Crippen LogP contribution in [-0.2, 0) is 7.05 Å². The third-order valence-electron chi connectivity index (χ3n) is 3.81. The molecule has 1 aromatic rings. The highest BCUT2D eigenvalue weighted by atomic mass is 15.0. The number of aromatic nitrogens is 1. The Hall–Kier alpha value is -1.76. The normalized spacial score (nSPS) is 24.6. The van der Waals surface area contributed by atoms with Crippen molar-refractivity contribution in [1.29, 1.82) is 0 Å². The molecule has 0 saturated heterocycles. The van der Waals surface area contributed by atoms with E-state index in [4.69, 9.17) is 0 Å². The van der Waals surface area contributed by atoms with E-state index in [1.807, 2.05) is 0 Å². The van der Waals surface area contributed by atoms with Gasteiger partial charge < -0.3 is 4.57 Å². The molecule has 0 aromatic carbocycles. The van der Waals surface area contributed by atoms with Crippen molar-refractivity contribution in [3.8, 4) is 0 Å². The van der Waals surface area contributed by atoms with E-state index in [9.17, 15) is 0 Å². The number of hydrogen-bond acceptors (Lipinski definition) is 0. The lowest BCUT2D eigenvalue weighted by molar-refractivity contribution is 0.895. The molecule has 18 heavy (non-hydrogen) atoms. The van der Waals surface area contributed by atoms with E-state index in [0.717, 1.165) is 0 Å². The highest BCUT2D eigenvalue weighted by Gasteiger charge is 2.17. The fourth-order valence-corrected chi connectivity index (χ4v) is 2.63. The first-order chi connectivity index (χ1) is 8.66. The molecule has 0 N–H and O–H groups in total. The highest BCUT2D eigenvalue weighted by Crippen LogP contribution is 2.32. The van der Waals surface area contributed by atoms with E-state index in [1.54, 1.807) is 0 Å². The summed E-state index contributed by atoms with van der Waals surface area (Å²) in [5, 5.41) is 0. The van der Waals surface area contributed by atoms with Gasteiger partial charge in [-0.25, -0.2) is 0 Å². The summed E-state index contributed by atoms with van der Waals surface area (Å²) >= 11 is 0. The fraction of sp³-hybridized carbons (Fsp3) is 0.294. The molecule has 1 heteroatoms. The zero-order valence-corrected chi connectivity index (χ0v) is 11.2. The van der Waals surface area contributed by atoms with Crippen LogP contribution in [0.4, 0.5) is 0 Å². The van der Waals surface area contributed by atoms with Gasteiger partial charge in [0.2, 0.25) is 0 Å². The Bertz CT molecular complexity index is 542. The SMILES string of the molecule is CC1C=Cc2c3c(n(C)c2C=C1)C=CC(C)C=C3. The molecule has 0 spiro atoms. The van der Waals surface area contributed by atoms with Crippen molar-refractivity contribution in [1.82, 2.24) is 4.57 Å². The van der Waals surface area contributed by atoms with Gasteiger partial charge in [0.05, 0.1) is 0 Å². The van der Waals surface area contributed by atoms with Crippen LogP contribution in [0.15, 0.2) is 24.3 Å². The molecule has 0 amide bonds. The van der Waals surface area contributed by atoms with Gasteiger partial charge in [-0.15, -0.1) is 0 Å². The zero-order chi connectivity index (χ0) is 12.7. The molecule has 2 atom stereocenters.